The summed E-state index contributed by atoms with van der Waals surface area (Å²) in [4.78, 5) is 7.05. The number of aromatic nitrogens is 2. The van der Waals surface area contributed by atoms with E-state index in [0.29, 0.717) is 0 Å². The van der Waals surface area contributed by atoms with Crippen LogP contribution in [0, 0.1) is 0 Å². The van der Waals surface area contributed by atoms with Gasteiger partial charge in [0.05, 0.1) is 18.1 Å². The Hall–Kier alpha value is -1.13. The van der Waals surface area contributed by atoms with E-state index >= 15 is 0 Å². The fraction of sp³-hybridized carbons (Fsp3) is 0.182. The van der Waals surface area contributed by atoms with Gasteiger partial charge in [-0.1, -0.05) is 28.1 Å². The molecule has 1 heterocycles. The molecule has 1 atom stereocenters. The minimum Gasteiger partial charge on any atom is -0.351 e. The third kappa shape index (κ3) is 2.67. The van der Waals surface area contributed by atoms with E-state index in [9.17, 15) is 0 Å². The molecule has 0 saturated heterocycles. The van der Waals surface area contributed by atoms with Crippen LogP contribution in [0.4, 0.5) is 0 Å². The summed E-state index contributed by atoms with van der Waals surface area (Å²) in [5, 5.41) is 0. The lowest BCUT2D eigenvalue weighted by atomic mass is 10.1. The molecule has 3 nitrogen and oxygen atoms in total. The van der Waals surface area contributed by atoms with E-state index in [2.05, 4.69) is 38.0 Å². The molecule has 2 aromatic rings. The van der Waals surface area contributed by atoms with Crippen molar-refractivity contribution in [1.29, 1.82) is 0 Å². The van der Waals surface area contributed by atoms with E-state index in [1.165, 1.54) is 5.56 Å². The van der Waals surface area contributed by atoms with Gasteiger partial charge >= 0.3 is 0 Å². The summed E-state index contributed by atoms with van der Waals surface area (Å²) in [6, 6.07) is 8.11. The molecular formula is C11H12BrN3. The Labute approximate surface area is 96.9 Å². The Balaban J connectivity index is 2.09. The second-order valence-corrected chi connectivity index (χ2v) is 4.35. The Morgan fingerprint density at radius 3 is 3.00 bits per heavy atom. The molecule has 1 unspecified atom stereocenters. The van der Waals surface area contributed by atoms with Crippen molar-refractivity contribution in [3.8, 4) is 0 Å². The lowest BCUT2D eigenvalue weighted by molar-refractivity contribution is 0.701. The molecule has 0 aliphatic rings. The van der Waals surface area contributed by atoms with E-state index in [0.717, 1.165) is 16.6 Å². The molecule has 4 heteroatoms. The molecular weight excluding hydrogens is 254 g/mol. The predicted molar refractivity (Wildman–Crippen MR) is 63.4 cm³/mol. The fourth-order valence-electron chi connectivity index (χ4n) is 1.50. The van der Waals surface area contributed by atoms with Crippen LogP contribution < -0.4 is 5.73 Å². The number of nitrogens with two attached hydrogens (primary N) is 1. The van der Waals surface area contributed by atoms with Gasteiger partial charge < -0.3 is 10.7 Å². The van der Waals surface area contributed by atoms with Crippen LogP contribution in [0.15, 0.2) is 41.3 Å². The summed E-state index contributed by atoms with van der Waals surface area (Å²) < 4.78 is 1.08. The maximum absolute atomic E-state index is 6.02. The molecule has 15 heavy (non-hydrogen) atoms. The smallest absolute Gasteiger partial charge is 0.0923 e. The van der Waals surface area contributed by atoms with Crippen molar-refractivity contribution in [2.24, 2.45) is 5.73 Å². The van der Waals surface area contributed by atoms with Crippen LogP contribution in [-0.2, 0) is 6.42 Å². The molecule has 0 bridgehead atoms. The normalized spacial score (nSPS) is 12.7. The third-order valence-electron chi connectivity index (χ3n) is 2.24. The van der Waals surface area contributed by atoms with Crippen LogP contribution in [-0.4, -0.2) is 9.97 Å². The number of nitrogens with zero attached hydrogens (tertiary/aromatic N) is 1. The average molecular weight is 266 g/mol. The number of hydrogen-bond donors (Lipinski definition) is 2. The lowest BCUT2D eigenvalue weighted by Gasteiger charge is -2.08. The Kier molecular flexibility index (Phi) is 3.18. The molecule has 2 rings (SSSR count). The summed E-state index contributed by atoms with van der Waals surface area (Å²) in [7, 11) is 0. The molecule has 0 radical (unpaired) electrons. The first-order valence-corrected chi connectivity index (χ1v) is 5.53. The largest absolute Gasteiger partial charge is 0.351 e. The summed E-state index contributed by atoms with van der Waals surface area (Å²) in [5.41, 5.74) is 8.13. The quantitative estimate of drug-likeness (QED) is 0.896. The first-order valence-electron chi connectivity index (χ1n) is 4.74. The fourth-order valence-corrected chi connectivity index (χ4v) is 1.94. The molecule has 0 fully saturated rings. The van der Waals surface area contributed by atoms with Gasteiger partial charge in [-0.3, -0.25) is 0 Å². The van der Waals surface area contributed by atoms with Gasteiger partial charge in [0.25, 0.3) is 0 Å². The van der Waals surface area contributed by atoms with Crippen molar-refractivity contribution in [1.82, 2.24) is 9.97 Å². The van der Waals surface area contributed by atoms with Crippen molar-refractivity contribution >= 4 is 15.9 Å². The van der Waals surface area contributed by atoms with Gasteiger partial charge in [-0.15, -0.1) is 0 Å². The van der Waals surface area contributed by atoms with Crippen LogP contribution in [0.25, 0.3) is 0 Å². The number of nitrogens with one attached hydrogen (secondary N) is 1. The molecule has 0 saturated carbocycles. The Bertz CT molecular complexity index is 425. The maximum atomic E-state index is 6.02. The van der Waals surface area contributed by atoms with E-state index in [-0.39, 0.29) is 6.04 Å². The lowest BCUT2D eigenvalue weighted by Crippen LogP contribution is -2.13. The minimum atomic E-state index is -0.0504. The van der Waals surface area contributed by atoms with E-state index in [1.54, 1.807) is 6.33 Å². The third-order valence-corrected chi connectivity index (χ3v) is 2.74. The number of H-pyrrole nitrogens is 1. The molecule has 78 valence electrons. The van der Waals surface area contributed by atoms with Gasteiger partial charge in [0, 0.05) is 10.7 Å². The number of benzene rings is 1. The highest BCUT2D eigenvalue weighted by Crippen LogP contribution is 2.17. The number of imidazole rings is 1. The van der Waals surface area contributed by atoms with Crippen molar-refractivity contribution in [3.63, 3.8) is 0 Å². The second-order valence-electron chi connectivity index (χ2n) is 3.43. The van der Waals surface area contributed by atoms with E-state index in [4.69, 9.17) is 5.73 Å². The number of aromatic amines is 1. The Morgan fingerprint density at radius 2 is 2.33 bits per heavy atom. The van der Waals surface area contributed by atoms with Crippen molar-refractivity contribution in [2.45, 2.75) is 12.5 Å². The average Bonchev–Trinajstić information content (AvgIpc) is 2.70. The van der Waals surface area contributed by atoms with Crippen molar-refractivity contribution in [3.05, 3.63) is 52.5 Å². The minimum absolute atomic E-state index is 0.0504. The SMILES string of the molecule is NC(Cc1cccc(Br)c1)c1c[nH]cn1. The van der Waals surface area contributed by atoms with Gasteiger partial charge in [0.2, 0.25) is 0 Å². The molecule has 0 aliphatic heterocycles. The van der Waals surface area contributed by atoms with E-state index in [1.807, 2.05) is 18.3 Å². The summed E-state index contributed by atoms with van der Waals surface area (Å²) in [6.07, 6.45) is 4.28. The van der Waals surface area contributed by atoms with Crippen LogP contribution >= 0.6 is 15.9 Å². The highest BCUT2D eigenvalue weighted by Gasteiger charge is 2.08. The van der Waals surface area contributed by atoms with Crippen molar-refractivity contribution < 1.29 is 0 Å². The zero-order valence-electron chi connectivity index (χ0n) is 8.15. The molecule has 1 aromatic heterocycles. The van der Waals surface area contributed by atoms with Gasteiger partial charge in [0.15, 0.2) is 0 Å². The predicted octanol–water partition coefficient (Wildman–Crippen LogP) is 2.41. The van der Waals surface area contributed by atoms with Crippen LogP contribution in [0.3, 0.4) is 0 Å². The molecule has 0 aliphatic carbocycles. The monoisotopic (exact) mass is 265 g/mol. The highest BCUT2D eigenvalue weighted by molar-refractivity contribution is 9.10. The van der Waals surface area contributed by atoms with Crippen LogP contribution in [0.2, 0.25) is 0 Å². The summed E-state index contributed by atoms with van der Waals surface area (Å²) >= 11 is 3.44. The molecule has 0 amide bonds. The zero-order valence-corrected chi connectivity index (χ0v) is 9.74. The maximum Gasteiger partial charge on any atom is 0.0923 e. The second kappa shape index (κ2) is 4.59. The molecule has 1 aromatic carbocycles. The molecule has 0 spiro atoms. The number of hydrogen-bond acceptors (Lipinski definition) is 2. The first-order chi connectivity index (χ1) is 7.25. The standard InChI is InChI=1S/C11H12BrN3/c12-9-3-1-2-8(4-9)5-10(13)11-6-14-7-15-11/h1-4,6-7,10H,5,13H2,(H,14,15). The van der Waals surface area contributed by atoms with Gasteiger partial charge in [-0.25, -0.2) is 4.98 Å². The van der Waals surface area contributed by atoms with Gasteiger partial charge in [0.1, 0.15) is 0 Å². The zero-order chi connectivity index (χ0) is 10.7. The van der Waals surface area contributed by atoms with Gasteiger partial charge in [-0.05, 0) is 24.1 Å². The van der Waals surface area contributed by atoms with Crippen molar-refractivity contribution in [2.75, 3.05) is 0 Å². The highest BCUT2D eigenvalue weighted by atomic mass is 79.9. The molecule has 3 N–H and O–H groups in total. The Morgan fingerprint density at radius 1 is 1.47 bits per heavy atom. The van der Waals surface area contributed by atoms with Crippen LogP contribution in [0.1, 0.15) is 17.3 Å². The summed E-state index contributed by atoms with van der Waals surface area (Å²) in [6.45, 7) is 0. The number of rotatable bonds is 3. The summed E-state index contributed by atoms with van der Waals surface area (Å²) in [5.74, 6) is 0. The topological polar surface area (TPSA) is 54.7 Å². The number of halogens is 1. The van der Waals surface area contributed by atoms with E-state index < -0.39 is 0 Å². The van der Waals surface area contributed by atoms with Crippen LogP contribution in [0.5, 0.6) is 0 Å². The first kappa shape index (κ1) is 10.4. The van der Waals surface area contributed by atoms with Gasteiger partial charge in [-0.2, -0.15) is 0 Å².